The van der Waals surface area contributed by atoms with Gasteiger partial charge in [0.2, 0.25) is 0 Å². The molecule has 17 heavy (non-hydrogen) atoms. The summed E-state index contributed by atoms with van der Waals surface area (Å²) in [4.78, 5) is 0. The predicted molar refractivity (Wildman–Crippen MR) is 71.5 cm³/mol. The first kappa shape index (κ1) is 11.5. The molecule has 0 aliphatic rings. The topological polar surface area (TPSA) is 35.2 Å². The molecule has 2 nitrogen and oxygen atoms in total. The fraction of sp³-hybridized carbons (Fsp3) is 0.200. The third kappa shape index (κ3) is 2.59. The third-order valence-electron chi connectivity index (χ3n) is 2.68. The average Bonchev–Trinajstić information content (AvgIpc) is 2.32. The molecule has 0 atom stereocenters. The zero-order valence-electron chi connectivity index (χ0n) is 10.2. The number of hydrogen-bond acceptors (Lipinski definition) is 2. The molecule has 2 rings (SSSR count). The fourth-order valence-electron chi connectivity index (χ4n) is 1.74. The van der Waals surface area contributed by atoms with Gasteiger partial charge in [-0.15, -0.1) is 0 Å². The Morgan fingerprint density at radius 2 is 1.47 bits per heavy atom. The summed E-state index contributed by atoms with van der Waals surface area (Å²) in [6.45, 7) is 4.30. The van der Waals surface area contributed by atoms with Gasteiger partial charge in [0.05, 0.1) is 5.69 Å². The van der Waals surface area contributed by atoms with Crippen molar-refractivity contribution in [2.24, 2.45) is 0 Å². The maximum absolute atomic E-state index is 5.88. The Morgan fingerprint density at radius 1 is 0.882 bits per heavy atom. The fourth-order valence-corrected chi connectivity index (χ4v) is 1.74. The van der Waals surface area contributed by atoms with Gasteiger partial charge in [-0.1, -0.05) is 44.2 Å². The van der Waals surface area contributed by atoms with E-state index in [4.69, 9.17) is 10.5 Å². The maximum Gasteiger partial charge on any atom is 0.150 e. The predicted octanol–water partition coefficient (Wildman–Crippen LogP) is 4.18. The molecule has 0 fully saturated rings. The molecule has 0 aromatic heterocycles. The van der Waals surface area contributed by atoms with Crippen LogP contribution in [0.4, 0.5) is 5.69 Å². The number of nitrogen functional groups attached to an aromatic ring is 1. The highest BCUT2D eigenvalue weighted by atomic mass is 16.5. The molecule has 0 amide bonds. The van der Waals surface area contributed by atoms with Crippen molar-refractivity contribution in [3.63, 3.8) is 0 Å². The van der Waals surface area contributed by atoms with Gasteiger partial charge < -0.3 is 10.5 Å². The molecule has 88 valence electrons. The number of anilines is 1. The van der Waals surface area contributed by atoms with E-state index in [1.54, 1.807) is 0 Å². The van der Waals surface area contributed by atoms with Crippen LogP contribution in [0.2, 0.25) is 0 Å². The molecule has 0 bridgehead atoms. The highest BCUT2D eigenvalue weighted by Crippen LogP contribution is 2.32. The summed E-state index contributed by atoms with van der Waals surface area (Å²) in [5.41, 5.74) is 7.72. The molecule has 0 aliphatic carbocycles. The van der Waals surface area contributed by atoms with Gasteiger partial charge in [0.15, 0.2) is 0 Å². The molecule has 0 unspecified atom stereocenters. The van der Waals surface area contributed by atoms with Crippen LogP contribution in [0, 0.1) is 0 Å². The van der Waals surface area contributed by atoms with E-state index >= 15 is 0 Å². The van der Waals surface area contributed by atoms with Crippen LogP contribution in [0.25, 0.3) is 0 Å². The third-order valence-corrected chi connectivity index (χ3v) is 2.68. The molecule has 0 saturated heterocycles. The molecular formula is C15H17NO. The number of rotatable bonds is 3. The molecule has 2 aromatic carbocycles. The van der Waals surface area contributed by atoms with Crippen molar-refractivity contribution < 1.29 is 4.74 Å². The van der Waals surface area contributed by atoms with Crippen LogP contribution in [0.15, 0.2) is 48.5 Å². The molecule has 2 N–H and O–H groups in total. The first-order valence-electron chi connectivity index (χ1n) is 5.79. The summed E-state index contributed by atoms with van der Waals surface area (Å²) >= 11 is 0. The lowest BCUT2D eigenvalue weighted by Crippen LogP contribution is -1.96. The van der Waals surface area contributed by atoms with Gasteiger partial charge in [0.1, 0.15) is 11.5 Å². The quantitative estimate of drug-likeness (QED) is 0.798. The zero-order chi connectivity index (χ0) is 12.3. The second kappa shape index (κ2) is 4.91. The van der Waals surface area contributed by atoms with Crippen molar-refractivity contribution in [1.29, 1.82) is 0 Å². The SMILES string of the molecule is CC(C)c1ccccc1Oc1ccccc1N. The molecule has 2 heteroatoms. The maximum atomic E-state index is 5.88. The number of nitrogens with two attached hydrogens (primary N) is 1. The Kier molecular flexibility index (Phi) is 3.33. The number of benzene rings is 2. The highest BCUT2D eigenvalue weighted by Gasteiger charge is 2.08. The van der Waals surface area contributed by atoms with Crippen molar-refractivity contribution in [1.82, 2.24) is 0 Å². The monoisotopic (exact) mass is 227 g/mol. The Labute approximate surface area is 102 Å². The van der Waals surface area contributed by atoms with E-state index in [-0.39, 0.29) is 0 Å². The van der Waals surface area contributed by atoms with E-state index in [9.17, 15) is 0 Å². The molecule has 0 heterocycles. The van der Waals surface area contributed by atoms with Crippen molar-refractivity contribution in [2.75, 3.05) is 5.73 Å². The van der Waals surface area contributed by atoms with Gasteiger partial charge in [-0.2, -0.15) is 0 Å². The summed E-state index contributed by atoms with van der Waals surface area (Å²) in [6, 6.07) is 15.6. The number of para-hydroxylation sites is 3. The lowest BCUT2D eigenvalue weighted by Gasteiger charge is -2.14. The van der Waals surface area contributed by atoms with Crippen LogP contribution in [0.3, 0.4) is 0 Å². The Bertz CT molecular complexity index is 506. The Hall–Kier alpha value is -1.96. The Balaban J connectivity index is 2.34. The summed E-state index contributed by atoms with van der Waals surface area (Å²) in [5, 5.41) is 0. The largest absolute Gasteiger partial charge is 0.455 e. The first-order valence-corrected chi connectivity index (χ1v) is 5.79. The van der Waals surface area contributed by atoms with Crippen molar-refractivity contribution in [3.05, 3.63) is 54.1 Å². The summed E-state index contributed by atoms with van der Waals surface area (Å²) in [6.07, 6.45) is 0. The number of ether oxygens (including phenoxy) is 1. The van der Waals surface area contributed by atoms with Crippen molar-refractivity contribution in [2.45, 2.75) is 19.8 Å². The molecule has 0 aliphatic heterocycles. The lowest BCUT2D eigenvalue weighted by molar-refractivity contribution is 0.475. The molecule has 0 saturated carbocycles. The second-order valence-electron chi connectivity index (χ2n) is 4.33. The molecule has 0 spiro atoms. The smallest absolute Gasteiger partial charge is 0.150 e. The highest BCUT2D eigenvalue weighted by molar-refractivity contribution is 5.54. The van der Waals surface area contributed by atoms with Crippen LogP contribution in [0.5, 0.6) is 11.5 Å². The summed E-state index contributed by atoms with van der Waals surface area (Å²) in [7, 11) is 0. The standard InChI is InChI=1S/C15H17NO/c1-11(2)12-7-3-5-9-14(12)17-15-10-6-4-8-13(15)16/h3-11H,16H2,1-2H3. The minimum Gasteiger partial charge on any atom is -0.455 e. The van der Waals surface area contributed by atoms with E-state index < -0.39 is 0 Å². The van der Waals surface area contributed by atoms with Crippen molar-refractivity contribution in [3.8, 4) is 11.5 Å². The van der Waals surface area contributed by atoms with Crippen LogP contribution in [-0.4, -0.2) is 0 Å². The average molecular weight is 227 g/mol. The Morgan fingerprint density at radius 3 is 2.12 bits per heavy atom. The zero-order valence-corrected chi connectivity index (χ0v) is 10.2. The minimum atomic E-state index is 0.427. The van der Waals surface area contributed by atoms with Crippen LogP contribution < -0.4 is 10.5 Å². The van der Waals surface area contributed by atoms with Crippen LogP contribution >= 0.6 is 0 Å². The van der Waals surface area contributed by atoms with E-state index in [2.05, 4.69) is 19.9 Å². The lowest BCUT2D eigenvalue weighted by atomic mass is 10.0. The second-order valence-corrected chi connectivity index (χ2v) is 4.33. The normalized spacial score (nSPS) is 10.5. The van der Waals surface area contributed by atoms with Crippen LogP contribution in [0.1, 0.15) is 25.3 Å². The van der Waals surface area contributed by atoms with Gasteiger partial charge in [0, 0.05) is 0 Å². The van der Waals surface area contributed by atoms with E-state index in [1.165, 1.54) is 5.56 Å². The van der Waals surface area contributed by atoms with Crippen LogP contribution in [-0.2, 0) is 0 Å². The van der Waals surface area contributed by atoms with Gasteiger partial charge in [0.25, 0.3) is 0 Å². The van der Waals surface area contributed by atoms with E-state index in [0.29, 0.717) is 17.4 Å². The van der Waals surface area contributed by atoms with Gasteiger partial charge >= 0.3 is 0 Å². The summed E-state index contributed by atoms with van der Waals surface area (Å²) < 4.78 is 5.88. The molecule has 0 radical (unpaired) electrons. The molecular weight excluding hydrogens is 210 g/mol. The van der Waals surface area contributed by atoms with Gasteiger partial charge in [-0.05, 0) is 29.7 Å². The van der Waals surface area contributed by atoms with Gasteiger partial charge in [-0.25, -0.2) is 0 Å². The number of hydrogen-bond donors (Lipinski definition) is 1. The minimum absolute atomic E-state index is 0.427. The van der Waals surface area contributed by atoms with Crippen molar-refractivity contribution >= 4 is 5.69 Å². The summed E-state index contributed by atoms with van der Waals surface area (Å²) in [5.74, 6) is 2.01. The molecule has 2 aromatic rings. The van der Waals surface area contributed by atoms with E-state index in [1.807, 2.05) is 42.5 Å². The van der Waals surface area contributed by atoms with Gasteiger partial charge in [-0.3, -0.25) is 0 Å². The first-order chi connectivity index (χ1) is 8.18. The van der Waals surface area contributed by atoms with E-state index in [0.717, 1.165) is 5.75 Å².